The molecule has 0 bridgehead atoms. The predicted octanol–water partition coefficient (Wildman–Crippen LogP) is 1.28. The molecule has 1 aromatic carbocycles. The van der Waals surface area contributed by atoms with Crippen LogP contribution in [0.15, 0.2) is 6.07 Å². The number of aliphatic carboxylic acids is 1. The Bertz CT molecular complexity index is 438. The van der Waals surface area contributed by atoms with Crippen molar-refractivity contribution in [1.82, 2.24) is 0 Å². The summed E-state index contributed by atoms with van der Waals surface area (Å²) in [6.07, 6.45) is 0. The largest absolute Gasteiger partial charge is 0.504 e. The van der Waals surface area contributed by atoms with Gasteiger partial charge in [0.15, 0.2) is 11.5 Å². The number of phenols is 1. The van der Waals surface area contributed by atoms with E-state index in [-0.39, 0.29) is 16.3 Å². The first-order valence-corrected chi connectivity index (χ1v) is 4.51. The number of hydrogen-bond acceptors (Lipinski definition) is 4. The number of ether oxygens (including phenoxy) is 1. The molecule has 1 aromatic rings. The number of aromatic hydroxyl groups is 1. The van der Waals surface area contributed by atoms with Crippen LogP contribution < -0.4 is 10.5 Å². The molecule has 0 fully saturated rings. The number of carbonyl (C=O) groups is 1. The fourth-order valence-electron chi connectivity index (χ4n) is 1.17. The molecule has 16 heavy (non-hydrogen) atoms. The van der Waals surface area contributed by atoms with Crippen LogP contribution in [0.3, 0.4) is 0 Å². The van der Waals surface area contributed by atoms with Crippen molar-refractivity contribution in [3.05, 3.63) is 22.5 Å². The van der Waals surface area contributed by atoms with Crippen LogP contribution in [0.4, 0.5) is 4.39 Å². The quantitative estimate of drug-likeness (QED) is 0.750. The van der Waals surface area contributed by atoms with Crippen molar-refractivity contribution in [2.24, 2.45) is 5.73 Å². The Morgan fingerprint density at radius 2 is 2.25 bits per heavy atom. The number of phenolic OH excluding ortho intramolecular Hbond substituents is 1. The maximum atomic E-state index is 13.4. The Morgan fingerprint density at radius 3 is 2.69 bits per heavy atom. The van der Waals surface area contributed by atoms with Crippen LogP contribution in [-0.2, 0) is 4.79 Å². The Kier molecular flexibility index (Phi) is 3.56. The van der Waals surface area contributed by atoms with Crippen molar-refractivity contribution in [3.63, 3.8) is 0 Å². The van der Waals surface area contributed by atoms with Crippen LogP contribution in [0.2, 0.25) is 5.02 Å². The minimum absolute atomic E-state index is 0.162. The third-order valence-corrected chi connectivity index (χ3v) is 2.27. The molecule has 0 aromatic heterocycles. The van der Waals surface area contributed by atoms with Gasteiger partial charge < -0.3 is 20.7 Å². The lowest BCUT2D eigenvalue weighted by atomic mass is 10.1. The summed E-state index contributed by atoms with van der Waals surface area (Å²) in [6, 6.07) is -0.504. The van der Waals surface area contributed by atoms with Crippen LogP contribution in [0.1, 0.15) is 11.6 Å². The number of carboxylic acid groups (broad SMARTS) is 1. The van der Waals surface area contributed by atoms with E-state index in [0.717, 1.165) is 6.07 Å². The molecule has 1 rings (SSSR count). The molecule has 5 nitrogen and oxygen atoms in total. The highest BCUT2D eigenvalue weighted by atomic mass is 35.5. The van der Waals surface area contributed by atoms with Gasteiger partial charge in [-0.3, -0.25) is 4.79 Å². The van der Waals surface area contributed by atoms with E-state index in [1.807, 2.05) is 0 Å². The first kappa shape index (κ1) is 12.5. The molecule has 88 valence electrons. The molecule has 4 N–H and O–H groups in total. The lowest BCUT2D eigenvalue weighted by Crippen LogP contribution is -2.21. The highest BCUT2D eigenvalue weighted by Gasteiger charge is 2.24. The van der Waals surface area contributed by atoms with Crippen molar-refractivity contribution in [2.75, 3.05) is 7.11 Å². The molecule has 1 unspecified atom stereocenters. The topological polar surface area (TPSA) is 92.8 Å². The maximum absolute atomic E-state index is 13.4. The van der Waals surface area contributed by atoms with Gasteiger partial charge in [0.2, 0.25) is 5.82 Å². The molecule has 0 spiro atoms. The summed E-state index contributed by atoms with van der Waals surface area (Å²) < 4.78 is 18.0. The van der Waals surface area contributed by atoms with Gasteiger partial charge in [-0.1, -0.05) is 11.6 Å². The van der Waals surface area contributed by atoms with Gasteiger partial charge in [0.1, 0.15) is 6.04 Å². The third kappa shape index (κ3) is 2.02. The lowest BCUT2D eigenvalue weighted by molar-refractivity contribution is -0.138. The Labute approximate surface area is 95.2 Å². The standard InChI is InChI=1S/C9H9ClFNO4/c1-16-8-4(10)2-3(6(12)9(14)15)7(13)5(8)11/h2,6,13H,12H2,1H3,(H,14,15). The van der Waals surface area contributed by atoms with Crippen molar-refractivity contribution in [3.8, 4) is 11.5 Å². The summed E-state index contributed by atoms with van der Waals surface area (Å²) in [4.78, 5) is 10.6. The molecule has 0 aliphatic rings. The van der Waals surface area contributed by atoms with Gasteiger partial charge in [0.25, 0.3) is 0 Å². The predicted molar refractivity (Wildman–Crippen MR) is 54.2 cm³/mol. The van der Waals surface area contributed by atoms with Crippen LogP contribution in [0.25, 0.3) is 0 Å². The minimum Gasteiger partial charge on any atom is -0.504 e. The number of halogens is 2. The zero-order valence-corrected chi connectivity index (χ0v) is 8.95. The molecule has 7 heteroatoms. The smallest absolute Gasteiger partial charge is 0.325 e. The second-order valence-electron chi connectivity index (χ2n) is 2.96. The highest BCUT2D eigenvalue weighted by Crippen LogP contribution is 2.38. The van der Waals surface area contributed by atoms with E-state index < -0.39 is 23.6 Å². The van der Waals surface area contributed by atoms with Gasteiger partial charge >= 0.3 is 5.97 Å². The van der Waals surface area contributed by atoms with E-state index in [9.17, 15) is 14.3 Å². The molecule has 0 saturated heterocycles. The second kappa shape index (κ2) is 4.54. The number of rotatable bonds is 3. The summed E-state index contributed by atoms with van der Waals surface area (Å²) in [7, 11) is 1.17. The average molecular weight is 250 g/mol. The number of benzene rings is 1. The van der Waals surface area contributed by atoms with Crippen LogP contribution >= 0.6 is 11.6 Å². The highest BCUT2D eigenvalue weighted by molar-refractivity contribution is 6.32. The summed E-state index contributed by atoms with van der Waals surface area (Å²) in [6.45, 7) is 0. The van der Waals surface area contributed by atoms with Crippen LogP contribution in [0.5, 0.6) is 11.5 Å². The zero-order valence-electron chi connectivity index (χ0n) is 8.20. The van der Waals surface area contributed by atoms with E-state index in [0.29, 0.717) is 0 Å². The fourth-order valence-corrected chi connectivity index (χ4v) is 1.44. The normalized spacial score (nSPS) is 12.2. The molecule has 0 amide bonds. The van der Waals surface area contributed by atoms with Gasteiger partial charge in [0, 0.05) is 5.56 Å². The zero-order chi connectivity index (χ0) is 12.5. The fraction of sp³-hybridized carbons (Fsp3) is 0.222. The summed E-state index contributed by atoms with van der Waals surface area (Å²) in [5, 5.41) is 17.9. The van der Waals surface area contributed by atoms with Crippen molar-refractivity contribution in [2.45, 2.75) is 6.04 Å². The van der Waals surface area contributed by atoms with Crippen molar-refractivity contribution in [1.29, 1.82) is 0 Å². The second-order valence-corrected chi connectivity index (χ2v) is 3.37. The van der Waals surface area contributed by atoms with Crippen LogP contribution in [0, 0.1) is 5.82 Å². The molecule has 0 radical (unpaired) electrons. The maximum Gasteiger partial charge on any atom is 0.325 e. The average Bonchev–Trinajstić information content (AvgIpc) is 2.23. The summed E-state index contributed by atoms with van der Waals surface area (Å²) >= 11 is 5.63. The summed E-state index contributed by atoms with van der Waals surface area (Å²) in [5.74, 6) is -3.78. The Balaban J connectivity index is 3.39. The molecule has 0 heterocycles. The molecule has 1 atom stereocenters. The van der Waals surface area contributed by atoms with Gasteiger partial charge in [-0.05, 0) is 6.07 Å². The molecule has 0 aliphatic carbocycles. The molecule has 0 aliphatic heterocycles. The number of hydrogen-bond donors (Lipinski definition) is 3. The van der Waals surface area contributed by atoms with E-state index in [1.165, 1.54) is 7.11 Å². The molecular weight excluding hydrogens is 241 g/mol. The minimum atomic E-state index is -1.56. The van der Waals surface area contributed by atoms with Crippen molar-refractivity contribution < 1.29 is 24.1 Å². The Hall–Kier alpha value is -1.53. The van der Waals surface area contributed by atoms with E-state index in [1.54, 1.807) is 0 Å². The first-order valence-electron chi connectivity index (χ1n) is 4.13. The van der Waals surface area contributed by atoms with Gasteiger partial charge in [-0.15, -0.1) is 0 Å². The van der Waals surface area contributed by atoms with Gasteiger partial charge in [0.05, 0.1) is 12.1 Å². The number of nitrogens with two attached hydrogens (primary N) is 1. The van der Waals surface area contributed by atoms with Gasteiger partial charge in [-0.2, -0.15) is 4.39 Å². The first-order chi connectivity index (χ1) is 7.40. The van der Waals surface area contributed by atoms with E-state index >= 15 is 0 Å². The van der Waals surface area contributed by atoms with E-state index in [2.05, 4.69) is 4.74 Å². The third-order valence-electron chi connectivity index (χ3n) is 1.99. The summed E-state index contributed by atoms with van der Waals surface area (Å²) in [5.41, 5.74) is 4.93. The van der Waals surface area contributed by atoms with Gasteiger partial charge in [-0.25, -0.2) is 0 Å². The van der Waals surface area contributed by atoms with Crippen LogP contribution in [-0.4, -0.2) is 23.3 Å². The SMILES string of the molecule is COc1c(Cl)cc(C(N)C(=O)O)c(O)c1F. The molecular formula is C9H9ClFNO4. The van der Waals surface area contributed by atoms with E-state index in [4.69, 9.17) is 22.4 Å². The van der Waals surface area contributed by atoms with Crippen molar-refractivity contribution >= 4 is 17.6 Å². The lowest BCUT2D eigenvalue weighted by Gasteiger charge is -2.13. The monoisotopic (exact) mass is 249 g/mol. The molecule has 0 saturated carbocycles. The Morgan fingerprint density at radius 1 is 1.69 bits per heavy atom. The number of methoxy groups -OCH3 is 1. The number of carboxylic acids is 1.